The summed E-state index contributed by atoms with van der Waals surface area (Å²) in [4.78, 5) is 24.2. The van der Waals surface area contributed by atoms with E-state index in [1.54, 1.807) is 12.3 Å². The fourth-order valence-corrected chi connectivity index (χ4v) is 5.88. The molecule has 1 aliphatic carbocycles. The van der Waals surface area contributed by atoms with E-state index in [4.69, 9.17) is 16.3 Å². The van der Waals surface area contributed by atoms with Crippen molar-refractivity contribution in [3.05, 3.63) is 71.6 Å². The molecule has 0 atom stereocenters. The van der Waals surface area contributed by atoms with Crippen molar-refractivity contribution in [2.24, 2.45) is 5.41 Å². The van der Waals surface area contributed by atoms with Crippen molar-refractivity contribution in [2.75, 3.05) is 43.5 Å². The summed E-state index contributed by atoms with van der Waals surface area (Å²) in [5.41, 5.74) is 6.31. The Hall–Kier alpha value is -3.29. The number of alkyl halides is 1. The van der Waals surface area contributed by atoms with Gasteiger partial charge in [-0.15, -0.1) is 11.6 Å². The van der Waals surface area contributed by atoms with Crippen LogP contribution in [0.3, 0.4) is 0 Å². The lowest BCUT2D eigenvalue weighted by molar-refractivity contribution is 0.0694. The number of carbonyl (C=O) groups is 1. The molecule has 0 saturated carbocycles. The van der Waals surface area contributed by atoms with Gasteiger partial charge >= 0.3 is 5.97 Å². The van der Waals surface area contributed by atoms with Crippen molar-refractivity contribution in [3.8, 4) is 11.5 Å². The lowest BCUT2D eigenvalue weighted by Crippen LogP contribution is -2.47. The number of rotatable bonds is 9. The second kappa shape index (κ2) is 11.4. The molecule has 0 unspecified atom stereocenters. The number of anilines is 1. The molecular formula is C31H37ClN4O3. The number of piperazine rings is 1. The number of carboxylic acids is 1. The number of H-pyrrole nitrogens is 1. The molecule has 8 heteroatoms. The molecule has 2 aliphatic rings. The lowest BCUT2D eigenvalue weighted by atomic mass is 9.72. The Bertz CT molecular complexity index is 1400. The van der Waals surface area contributed by atoms with Crippen molar-refractivity contribution in [3.63, 3.8) is 0 Å². The van der Waals surface area contributed by atoms with Gasteiger partial charge in [0.15, 0.2) is 0 Å². The molecule has 2 aromatic heterocycles. The van der Waals surface area contributed by atoms with Gasteiger partial charge in [0, 0.05) is 61.9 Å². The van der Waals surface area contributed by atoms with Gasteiger partial charge in [0.25, 0.3) is 0 Å². The molecular weight excluding hydrogens is 512 g/mol. The summed E-state index contributed by atoms with van der Waals surface area (Å²) in [6, 6.07) is 9.10. The second-order valence-corrected chi connectivity index (χ2v) is 11.8. The summed E-state index contributed by atoms with van der Waals surface area (Å²) in [5, 5.41) is 10.7. The van der Waals surface area contributed by atoms with Crippen LogP contribution < -0.4 is 9.64 Å². The normalized spacial score (nSPS) is 18.0. The van der Waals surface area contributed by atoms with Gasteiger partial charge in [-0.2, -0.15) is 0 Å². The van der Waals surface area contributed by atoms with E-state index < -0.39 is 5.97 Å². The Balaban J connectivity index is 1.28. The molecule has 206 valence electrons. The number of hydrogen-bond donors (Lipinski definition) is 2. The SMILES string of the molecule is C=C(CCCl)C1=C(CN2CCN(c3ccc(C(=O)O)c(Oc4cnc5[nH]ccc5c4)c3)CC2)CCC(C)(C)C1. The lowest BCUT2D eigenvalue weighted by Gasteiger charge is -2.39. The Labute approximate surface area is 235 Å². The van der Waals surface area contributed by atoms with E-state index in [0.29, 0.717) is 22.8 Å². The van der Waals surface area contributed by atoms with Gasteiger partial charge in [-0.05, 0) is 60.9 Å². The van der Waals surface area contributed by atoms with E-state index in [-0.39, 0.29) is 5.56 Å². The highest BCUT2D eigenvalue weighted by Gasteiger charge is 2.29. The van der Waals surface area contributed by atoms with Gasteiger partial charge in [-0.25, -0.2) is 9.78 Å². The topological polar surface area (TPSA) is 81.7 Å². The molecule has 0 bridgehead atoms. The first kappa shape index (κ1) is 27.3. The number of halogens is 1. The number of hydrogen-bond acceptors (Lipinski definition) is 5. The summed E-state index contributed by atoms with van der Waals surface area (Å²) in [5.74, 6) is 0.407. The molecule has 1 saturated heterocycles. The average molecular weight is 549 g/mol. The van der Waals surface area contributed by atoms with Crippen LogP contribution in [0.1, 0.15) is 49.9 Å². The minimum Gasteiger partial charge on any atom is -0.478 e. The summed E-state index contributed by atoms with van der Waals surface area (Å²) < 4.78 is 6.05. The van der Waals surface area contributed by atoms with Gasteiger partial charge in [0.1, 0.15) is 22.7 Å². The van der Waals surface area contributed by atoms with Crippen LogP contribution in [0.15, 0.2) is 66.0 Å². The summed E-state index contributed by atoms with van der Waals surface area (Å²) in [6.07, 6.45) is 7.65. The number of aromatic nitrogens is 2. The molecule has 0 spiro atoms. The summed E-state index contributed by atoms with van der Waals surface area (Å²) in [7, 11) is 0. The van der Waals surface area contributed by atoms with Crippen LogP contribution >= 0.6 is 11.6 Å². The minimum absolute atomic E-state index is 0.128. The highest BCUT2D eigenvalue weighted by Crippen LogP contribution is 2.42. The minimum atomic E-state index is -1.02. The van der Waals surface area contributed by atoms with E-state index in [1.165, 1.54) is 23.1 Å². The van der Waals surface area contributed by atoms with E-state index in [1.807, 2.05) is 30.5 Å². The zero-order valence-corrected chi connectivity index (χ0v) is 23.6. The number of benzene rings is 1. The highest BCUT2D eigenvalue weighted by molar-refractivity contribution is 6.18. The third kappa shape index (κ3) is 6.31. The number of aromatic carboxylic acids is 1. The predicted molar refractivity (Wildman–Crippen MR) is 157 cm³/mol. The maximum atomic E-state index is 11.9. The molecule has 2 N–H and O–H groups in total. The first-order valence-electron chi connectivity index (χ1n) is 13.6. The largest absolute Gasteiger partial charge is 0.478 e. The number of aromatic amines is 1. The third-order valence-electron chi connectivity index (χ3n) is 7.96. The first-order valence-corrected chi connectivity index (χ1v) is 14.2. The molecule has 3 aromatic rings. The Morgan fingerprint density at radius 2 is 2.00 bits per heavy atom. The monoisotopic (exact) mass is 548 g/mol. The second-order valence-electron chi connectivity index (χ2n) is 11.4. The van der Waals surface area contributed by atoms with E-state index in [2.05, 4.69) is 40.2 Å². The summed E-state index contributed by atoms with van der Waals surface area (Å²) >= 11 is 6.06. The number of allylic oxidation sites excluding steroid dienone is 2. The molecule has 0 radical (unpaired) electrons. The Morgan fingerprint density at radius 1 is 1.21 bits per heavy atom. The number of nitrogens with one attached hydrogen (secondary N) is 1. The number of fused-ring (bicyclic) bond motifs is 1. The van der Waals surface area contributed by atoms with Crippen LogP contribution in [-0.4, -0.2) is 64.5 Å². The third-order valence-corrected chi connectivity index (χ3v) is 8.15. The maximum absolute atomic E-state index is 11.9. The fourth-order valence-electron chi connectivity index (χ4n) is 5.65. The molecule has 5 rings (SSSR count). The van der Waals surface area contributed by atoms with Gasteiger partial charge in [-0.3, -0.25) is 4.90 Å². The van der Waals surface area contributed by atoms with Crippen molar-refractivity contribution in [2.45, 2.75) is 39.5 Å². The molecule has 3 heterocycles. The van der Waals surface area contributed by atoms with E-state index in [0.717, 1.165) is 68.7 Å². The predicted octanol–water partition coefficient (Wildman–Crippen LogP) is 6.87. The first-order chi connectivity index (χ1) is 18.7. The van der Waals surface area contributed by atoms with E-state index >= 15 is 0 Å². The van der Waals surface area contributed by atoms with Crippen LogP contribution in [-0.2, 0) is 0 Å². The number of carboxylic acid groups (broad SMARTS) is 1. The zero-order chi connectivity index (χ0) is 27.6. The number of pyridine rings is 1. The van der Waals surface area contributed by atoms with E-state index in [9.17, 15) is 9.90 Å². The highest BCUT2D eigenvalue weighted by atomic mass is 35.5. The zero-order valence-electron chi connectivity index (χ0n) is 22.8. The number of ether oxygens (including phenoxy) is 1. The van der Waals surface area contributed by atoms with Gasteiger partial charge < -0.3 is 19.7 Å². The molecule has 1 fully saturated rings. The van der Waals surface area contributed by atoms with Crippen LogP contribution in [0, 0.1) is 5.41 Å². The van der Waals surface area contributed by atoms with Crippen molar-refractivity contribution in [1.29, 1.82) is 0 Å². The molecule has 1 aliphatic heterocycles. The molecule has 0 amide bonds. The van der Waals surface area contributed by atoms with Gasteiger partial charge in [-0.1, -0.05) is 31.6 Å². The van der Waals surface area contributed by atoms with Crippen molar-refractivity contribution in [1.82, 2.24) is 14.9 Å². The molecule has 7 nitrogen and oxygen atoms in total. The Morgan fingerprint density at radius 3 is 2.74 bits per heavy atom. The van der Waals surface area contributed by atoms with Gasteiger partial charge in [0.2, 0.25) is 0 Å². The van der Waals surface area contributed by atoms with Crippen molar-refractivity contribution >= 4 is 34.3 Å². The molecule has 1 aromatic carbocycles. The smallest absolute Gasteiger partial charge is 0.339 e. The van der Waals surface area contributed by atoms with Crippen LogP contribution in [0.2, 0.25) is 0 Å². The Kier molecular flexibility index (Phi) is 8.01. The fraction of sp³-hybridized carbons (Fsp3) is 0.419. The quantitative estimate of drug-likeness (QED) is 0.284. The van der Waals surface area contributed by atoms with Crippen LogP contribution in [0.25, 0.3) is 11.0 Å². The standard InChI is InChI=1S/C31H37ClN4O3/c1-21(7-10-32)27-18-31(2,3)9-6-23(27)20-35-12-14-36(15-13-35)24-4-5-26(30(37)38)28(17-24)39-25-16-22-8-11-33-29(22)34-19-25/h4-5,8,11,16-17,19H,1,6-7,9-10,12-15,18,20H2,2-3H3,(H,33,34)(H,37,38). The maximum Gasteiger partial charge on any atom is 0.339 e. The van der Waals surface area contributed by atoms with Gasteiger partial charge in [0.05, 0.1) is 6.20 Å². The number of nitrogens with zero attached hydrogens (tertiary/aromatic N) is 3. The average Bonchev–Trinajstić information content (AvgIpc) is 3.38. The van der Waals surface area contributed by atoms with Crippen molar-refractivity contribution < 1.29 is 14.6 Å². The van der Waals surface area contributed by atoms with Crippen LogP contribution in [0.5, 0.6) is 11.5 Å². The molecule has 39 heavy (non-hydrogen) atoms. The van der Waals surface area contributed by atoms with Crippen LogP contribution in [0.4, 0.5) is 5.69 Å². The summed E-state index contributed by atoms with van der Waals surface area (Å²) in [6.45, 7) is 13.6.